The number of methoxy groups -OCH3 is 2. The highest BCUT2D eigenvalue weighted by molar-refractivity contribution is 5.91. The van der Waals surface area contributed by atoms with Gasteiger partial charge in [0.2, 0.25) is 5.75 Å². The lowest BCUT2D eigenvalue weighted by Gasteiger charge is -2.24. The minimum absolute atomic E-state index is 0.190. The molecule has 2 aliphatic heterocycles. The molecule has 4 bridgehead atoms. The molecule has 4 rings (SSSR count). The van der Waals surface area contributed by atoms with Crippen molar-refractivity contribution < 1.29 is 33.3 Å². The van der Waals surface area contributed by atoms with Crippen molar-refractivity contribution in [1.82, 2.24) is 19.8 Å². The van der Waals surface area contributed by atoms with E-state index in [1.54, 1.807) is 12.1 Å². The summed E-state index contributed by atoms with van der Waals surface area (Å²) in [4.78, 5) is 38.4. The second-order valence-corrected chi connectivity index (χ2v) is 9.63. The van der Waals surface area contributed by atoms with Gasteiger partial charge in [0, 0.05) is 38.6 Å². The Kier molecular flexibility index (Phi) is 10.7. The Morgan fingerprint density at radius 2 is 1.67 bits per heavy atom. The summed E-state index contributed by atoms with van der Waals surface area (Å²) in [6.45, 7) is 6.25. The van der Waals surface area contributed by atoms with E-state index in [0.717, 1.165) is 52.1 Å². The SMILES string of the molecule is COc1cc2cc(c1OC)OCCCC(OC(=O)c1cnccn1)CCN1CCCN(CCCOC2=O)CC1. The van der Waals surface area contributed by atoms with Crippen molar-refractivity contribution in [2.75, 3.05) is 66.7 Å². The first-order chi connectivity index (χ1) is 19.1. The fourth-order valence-electron chi connectivity index (χ4n) is 4.86. The Morgan fingerprint density at radius 1 is 0.897 bits per heavy atom. The molecule has 2 aromatic rings. The van der Waals surface area contributed by atoms with Gasteiger partial charge in [0.25, 0.3) is 0 Å². The van der Waals surface area contributed by atoms with Gasteiger partial charge >= 0.3 is 11.9 Å². The predicted octanol–water partition coefficient (Wildman–Crippen LogP) is 2.84. The van der Waals surface area contributed by atoms with Gasteiger partial charge in [0.05, 0.1) is 39.2 Å². The molecule has 1 saturated heterocycles. The van der Waals surface area contributed by atoms with Crippen molar-refractivity contribution in [3.05, 3.63) is 42.0 Å². The number of rotatable bonds is 4. The van der Waals surface area contributed by atoms with Crippen LogP contribution >= 0.6 is 0 Å². The Hall–Kier alpha value is -3.44. The van der Waals surface area contributed by atoms with Gasteiger partial charge < -0.3 is 33.5 Å². The van der Waals surface area contributed by atoms with E-state index >= 15 is 0 Å². The van der Waals surface area contributed by atoms with E-state index in [0.29, 0.717) is 55.3 Å². The average Bonchev–Trinajstić information content (AvgIpc) is 3.20. The number of nitrogens with zero attached hydrogens (tertiary/aromatic N) is 4. The highest BCUT2D eigenvalue weighted by atomic mass is 16.5. The minimum atomic E-state index is -0.480. The molecular formula is C28H38N4O7. The molecule has 1 fully saturated rings. The highest BCUT2D eigenvalue weighted by Crippen LogP contribution is 2.38. The molecule has 11 nitrogen and oxygen atoms in total. The first-order valence-corrected chi connectivity index (χ1v) is 13.5. The fraction of sp³-hybridized carbons (Fsp3) is 0.571. The molecule has 3 unspecified atom stereocenters. The summed E-state index contributed by atoms with van der Waals surface area (Å²) < 4.78 is 28.4. The zero-order chi connectivity index (χ0) is 27.5. The first kappa shape index (κ1) is 28.6. The van der Waals surface area contributed by atoms with Gasteiger partial charge in [0.15, 0.2) is 17.2 Å². The number of carbonyl (C=O) groups excluding carboxylic acids is 2. The molecule has 1 aromatic carbocycles. The quantitative estimate of drug-likeness (QED) is 0.532. The molecule has 0 saturated carbocycles. The Labute approximate surface area is 229 Å². The van der Waals surface area contributed by atoms with Crippen LogP contribution in [-0.4, -0.2) is 105 Å². The van der Waals surface area contributed by atoms with E-state index in [1.165, 1.54) is 32.8 Å². The molecule has 11 heteroatoms. The molecule has 3 atom stereocenters. The predicted molar refractivity (Wildman–Crippen MR) is 143 cm³/mol. The van der Waals surface area contributed by atoms with E-state index in [1.807, 2.05) is 0 Å². The van der Waals surface area contributed by atoms with Gasteiger partial charge in [-0.3, -0.25) is 4.98 Å². The Morgan fingerprint density at radius 3 is 2.41 bits per heavy atom. The van der Waals surface area contributed by atoms with Gasteiger partial charge in [-0.1, -0.05) is 0 Å². The number of hydrogen-bond donors (Lipinski definition) is 0. The summed E-state index contributed by atoms with van der Waals surface area (Å²) in [7, 11) is 3.03. The number of hydrogen-bond acceptors (Lipinski definition) is 11. The van der Waals surface area contributed by atoms with Crippen LogP contribution in [0.2, 0.25) is 0 Å². The number of esters is 2. The van der Waals surface area contributed by atoms with Crippen molar-refractivity contribution in [2.24, 2.45) is 0 Å². The maximum absolute atomic E-state index is 12.8. The van der Waals surface area contributed by atoms with Crippen molar-refractivity contribution in [3.8, 4) is 17.2 Å². The fourth-order valence-corrected chi connectivity index (χ4v) is 4.86. The van der Waals surface area contributed by atoms with Crippen molar-refractivity contribution >= 4 is 11.9 Å². The summed E-state index contributed by atoms with van der Waals surface area (Å²) in [5.41, 5.74) is 0.525. The minimum Gasteiger partial charge on any atom is -0.493 e. The Balaban J connectivity index is 1.50. The summed E-state index contributed by atoms with van der Waals surface area (Å²) in [6.07, 6.45) is 7.85. The first-order valence-electron chi connectivity index (χ1n) is 13.5. The molecular weight excluding hydrogens is 504 g/mol. The zero-order valence-electron chi connectivity index (χ0n) is 22.8. The third-order valence-corrected chi connectivity index (χ3v) is 6.95. The van der Waals surface area contributed by atoms with Crippen LogP contribution in [0.25, 0.3) is 0 Å². The number of cyclic esters (lactones) is 1. The number of carbonyl (C=O) groups is 2. The summed E-state index contributed by atoms with van der Waals surface area (Å²) in [5.74, 6) is 0.265. The maximum atomic E-state index is 12.8. The normalized spacial score (nSPS) is 23.1. The molecule has 0 spiro atoms. The molecule has 0 radical (unpaired) electrons. The molecule has 212 valence electrons. The van der Waals surface area contributed by atoms with Crippen LogP contribution in [0, 0.1) is 0 Å². The standard InChI is InChI=1S/C28H38N4O7/c1-35-24-18-21-19-25(26(24)36-2)37-16-3-6-22(39-28(34)23-20-29-8-9-30-23)7-13-32-11-4-10-31(14-15-32)12-5-17-38-27(21)33/h8-9,18-20,22H,3-7,10-17H2,1-2H3. The van der Waals surface area contributed by atoms with Crippen LogP contribution in [0.3, 0.4) is 0 Å². The smallest absolute Gasteiger partial charge is 0.358 e. The molecule has 0 aliphatic carbocycles. The third kappa shape index (κ3) is 8.27. The van der Waals surface area contributed by atoms with Crippen LogP contribution < -0.4 is 14.2 Å². The van der Waals surface area contributed by atoms with E-state index in [9.17, 15) is 9.59 Å². The van der Waals surface area contributed by atoms with Gasteiger partial charge in [-0.2, -0.15) is 0 Å². The van der Waals surface area contributed by atoms with Crippen LogP contribution in [0.4, 0.5) is 0 Å². The zero-order valence-corrected chi connectivity index (χ0v) is 22.8. The highest BCUT2D eigenvalue weighted by Gasteiger charge is 2.22. The van der Waals surface area contributed by atoms with Gasteiger partial charge in [0.1, 0.15) is 6.10 Å². The van der Waals surface area contributed by atoms with Gasteiger partial charge in [-0.15, -0.1) is 0 Å². The number of ether oxygens (including phenoxy) is 5. The topological polar surface area (TPSA) is 113 Å². The molecule has 0 N–H and O–H groups in total. The number of fused-ring (bicyclic) bond motifs is 5. The van der Waals surface area contributed by atoms with Crippen LogP contribution in [0.5, 0.6) is 17.2 Å². The molecule has 2 aliphatic rings. The summed E-state index contributed by atoms with van der Waals surface area (Å²) >= 11 is 0. The monoisotopic (exact) mass is 542 g/mol. The maximum Gasteiger partial charge on any atom is 0.358 e. The van der Waals surface area contributed by atoms with E-state index in [2.05, 4.69) is 19.8 Å². The van der Waals surface area contributed by atoms with Crippen LogP contribution in [0.15, 0.2) is 30.7 Å². The second kappa shape index (κ2) is 14.6. The van der Waals surface area contributed by atoms with Crippen molar-refractivity contribution in [2.45, 2.75) is 38.2 Å². The van der Waals surface area contributed by atoms with Crippen LogP contribution in [0.1, 0.15) is 53.0 Å². The molecule has 1 aromatic heterocycles. The van der Waals surface area contributed by atoms with Gasteiger partial charge in [-0.05, 0) is 57.3 Å². The van der Waals surface area contributed by atoms with Gasteiger partial charge in [-0.25, -0.2) is 14.6 Å². The second-order valence-electron chi connectivity index (χ2n) is 9.63. The largest absolute Gasteiger partial charge is 0.493 e. The number of benzene rings is 1. The molecule has 39 heavy (non-hydrogen) atoms. The van der Waals surface area contributed by atoms with Crippen molar-refractivity contribution in [3.63, 3.8) is 0 Å². The lowest BCUT2D eigenvalue weighted by molar-refractivity contribution is 0.0214. The Bertz CT molecular complexity index is 1090. The van der Waals surface area contributed by atoms with E-state index < -0.39 is 11.9 Å². The lowest BCUT2D eigenvalue weighted by Crippen LogP contribution is -2.34. The molecule has 0 amide bonds. The number of aromatic nitrogens is 2. The van der Waals surface area contributed by atoms with E-state index in [4.69, 9.17) is 23.7 Å². The average molecular weight is 543 g/mol. The van der Waals surface area contributed by atoms with Crippen molar-refractivity contribution in [1.29, 1.82) is 0 Å². The summed E-state index contributed by atoms with van der Waals surface area (Å²) in [6, 6.07) is 3.22. The lowest BCUT2D eigenvalue weighted by atomic mass is 10.1. The third-order valence-electron chi connectivity index (χ3n) is 6.95. The van der Waals surface area contributed by atoms with E-state index in [-0.39, 0.29) is 11.8 Å². The van der Waals surface area contributed by atoms with Crippen LogP contribution in [-0.2, 0) is 9.47 Å². The summed E-state index contributed by atoms with van der Waals surface area (Å²) in [5, 5.41) is 0. The molecule has 3 heterocycles.